The van der Waals surface area contributed by atoms with Gasteiger partial charge in [-0.25, -0.2) is 0 Å². The Bertz CT molecular complexity index is 193. The van der Waals surface area contributed by atoms with Gasteiger partial charge in [0.2, 0.25) is 0 Å². The van der Waals surface area contributed by atoms with Gasteiger partial charge in [0.15, 0.2) is 0 Å². The molecule has 0 spiro atoms. The van der Waals surface area contributed by atoms with E-state index < -0.39 is 0 Å². The van der Waals surface area contributed by atoms with Crippen molar-refractivity contribution in [1.29, 1.82) is 0 Å². The second-order valence-electron chi connectivity index (χ2n) is 3.41. The average Bonchev–Trinajstić information content (AvgIpc) is 2.57. The van der Waals surface area contributed by atoms with E-state index >= 15 is 0 Å². The highest BCUT2D eigenvalue weighted by atomic mass is 16.5. The summed E-state index contributed by atoms with van der Waals surface area (Å²) in [5.74, 6) is 0.580. The molecule has 1 aliphatic heterocycles. The third kappa shape index (κ3) is 0.872. The molecule has 3 nitrogen and oxygen atoms in total. The summed E-state index contributed by atoms with van der Waals surface area (Å²) in [6, 6.07) is 0. The number of esters is 1. The molecule has 1 N–H and O–H groups in total. The van der Waals surface area contributed by atoms with Crippen molar-refractivity contribution in [3.8, 4) is 0 Å². The summed E-state index contributed by atoms with van der Waals surface area (Å²) in [5.41, 5.74) is -0.101. The molecule has 11 heavy (non-hydrogen) atoms. The highest BCUT2D eigenvalue weighted by Gasteiger charge is 2.63. The molecule has 1 aliphatic carbocycles. The summed E-state index contributed by atoms with van der Waals surface area (Å²) < 4.78 is 4.99. The molecule has 0 radical (unpaired) electrons. The Morgan fingerprint density at radius 1 is 1.82 bits per heavy atom. The van der Waals surface area contributed by atoms with Gasteiger partial charge in [-0.3, -0.25) is 4.79 Å². The van der Waals surface area contributed by atoms with Crippen molar-refractivity contribution < 1.29 is 9.53 Å². The molecular weight excluding hydrogens is 142 g/mol. The van der Waals surface area contributed by atoms with Crippen molar-refractivity contribution in [3.05, 3.63) is 0 Å². The van der Waals surface area contributed by atoms with Crippen LogP contribution in [0.25, 0.3) is 0 Å². The maximum atomic E-state index is 11.3. The van der Waals surface area contributed by atoms with Crippen LogP contribution in [-0.4, -0.2) is 25.7 Å². The predicted octanol–water partition coefficient (Wildman–Crippen LogP) is 0.159. The number of carbonyl (C=O) groups is 1. The van der Waals surface area contributed by atoms with Crippen LogP contribution in [0.5, 0.6) is 0 Å². The van der Waals surface area contributed by atoms with Crippen LogP contribution in [0.2, 0.25) is 0 Å². The Balaban J connectivity index is 1.99. The minimum absolute atomic E-state index is 0.00926. The van der Waals surface area contributed by atoms with Crippen molar-refractivity contribution in [2.45, 2.75) is 13.3 Å². The first-order valence-electron chi connectivity index (χ1n) is 4.17. The SMILES string of the molecule is CCOC(=O)[C@@]12CNC[C@@H]1C2. The Hall–Kier alpha value is -0.570. The van der Waals surface area contributed by atoms with Gasteiger partial charge in [0.1, 0.15) is 0 Å². The Kier molecular flexibility index (Phi) is 1.42. The van der Waals surface area contributed by atoms with Gasteiger partial charge in [0.25, 0.3) is 0 Å². The van der Waals surface area contributed by atoms with Gasteiger partial charge in [-0.2, -0.15) is 0 Å². The fourth-order valence-electron chi connectivity index (χ4n) is 1.93. The van der Waals surface area contributed by atoms with Crippen LogP contribution >= 0.6 is 0 Å². The number of fused-ring (bicyclic) bond motifs is 1. The maximum Gasteiger partial charge on any atom is 0.313 e. The van der Waals surface area contributed by atoms with Gasteiger partial charge in [-0.1, -0.05) is 0 Å². The third-order valence-corrected chi connectivity index (χ3v) is 2.75. The van der Waals surface area contributed by atoms with Gasteiger partial charge >= 0.3 is 5.97 Å². The van der Waals surface area contributed by atoms with E-state index in [-0.39, 0.29) is 11.4 Å². The standard InChI is InChI=1S/C8H13NO2/c1-2-11-7(10)8-3-6(8)4-9-5-8/h6,9H,2-5H2,1H3/t6-,8-/m0/s1. The van der Waals surface area contributed by atoms with Gasteiger partial charge in [-0.05, 0) is 25.8 Å². The summed E-state index contributed by atoms with van der Waals surface area (Å²) in [6.07, 6.45) is 1.04. The Morgan fingerprint density at radius 2 is 2.64 bits per heavy atom. The molecule has 0 aromatic carbocycles. The summed E-state index contributed by atoms with van der Waals surface area (Å²) in [7, 11) is 0. The summed E-state index contributed by atoms with van der Waals surface area (Å²) >= 11 is 0. The number of nitrogens with one attached hydrogen (secondary N) is 1. The molecule has 0 unspecified atom stereocenters. The molecule has 1 heterocycles. The lowest BCUT2D eigenvalue weighted by molar-refractivity contribution is -0.149. The van der Waals surface area contributed by atoms with Crippen molar-refractivity contribution in [3.63, 3.8) is 0 Å². The summed E-state index contributed by atoms with van der Waals surface area (Å²) in [6.45, 7) is 4.19. The summed E-state index contributed by atoms with van der Waals surface area (Å²) in [4.78, 5) is 11.3. The number of ether oxygens (including phenoxy) is 1. The molecule has 3 heteroatoms. The fourth-order valence-corrected chi connectivity index (χ4v) is 1.93. The average molecular weight is 155 g/mol. The second kappa shape index (κ2) is 2.21. The fraction of sp³-hybridized carbons (Fsp3) is 0.875. The van der Waals surface area contributed by atoms with E-state index in [1.54, 1.807) is 0 Å². The summed E-state index contributed by atoms with van der Waals surface area (Å²) in [5, 5.41) is 3.20. The minimum Gasteiger partial charge on any atom is -0.466 e. The monoisotopic (exact) mass is 155 g/mol. The van der Waals surface area contributed by atoms with Crippen molar-refractivity contribution >= 4 is 5.97 Å². The van der Waals surface area contributed by atoms with Crippen molar-refractivity contribution in [2.24, 2.45) is 11.3 Å². The molecule has 2 aliphatic rings. The van der Waals surface area contributed by atoms with Crippen LogP contribution in [-0.2, 0) is 9.53 Å². The molecule has 1 saturated carbocycles. The number of hydrogen-bond donors (Lipinski definition) is 1. The van der Waals surface area contributed by atoms with E-state index in [1.807, 2.05) is 6.92 Å². The topological polar surface area (TPSA) is 38.3 Å². The van der Waals surface area contributed by atoms with Crippen LogP contribution in [0.3, 0.4) is 0 Å². The third-order valence-electron chi connectivity index (χ3n) is 2.75. The van der Waals surface area contributed by atoms with Crippen molar-refractivity contribution in [1.82, 2.24) is 5.32 Å². The quantitative estimate of drug-likeness (QED) is 0.577. The number of hydrogen-bond acceptors (Lipinski definition) is 3. The van der Waals surface area contributed by atoms with Crippen LogP contribution in [0.4, 0.5) is 0 Å². The van der Waals surface area contributed by atoms with E-state index in [0.717, 1.165) is 19.5 Å². The number of piperidine rings is 1. The zero-order valence-electron chi connectivity index (χ0n) is 6.72. The van der Waals surface area contributed by atoms with E-state index in [1.165, 1.54) is 0 Å². The predicted molar refractivity (Wildman–Crippen MR) is 40.0 cm³/mol. The van der Waals surface area contributed by atoms with Gasteiger partial charge in [0.05, 0.1) is 12.0 Å². The first kappa shape index (κ1) is 7.10. The van der Waals surface area contributed by atoms with Crippen LogP contribution in [0, 0.1) is 11.3 Å². The van der Waals surface area contributed by atoms with E-state index in [9.17, 15) is 4.79 Å². The molecule has 2 fully saturated rings. The normalized spacial score (nSPS) is 39.9. The van der Waals surface area contributed by atoms with E-state index in [4.69, 9.17) is 4.74 Å². The van der Waals surface area contributed by atoms with Gasteiger partial charge in [-0.15, -0.1) is 0 Å². The molecule has 2 rings (SSSR count). The van der Waals surface area contributed by atoms with E-state index in [0.29, 0.717) is 12.5 Å². The van der Waals surface area contributed by atoms with Crippen molar-refractivity contribution in [2.75, 3.05) is 19.7 Å². The lowest BCUT2D eigenvalue weighted by atomic mass is 10.1. The van der Waals surface area contributed by atoms with Crippen LogP contribution < -0.4 is 5.32 Å². The zero-order chi connectivity index (χ0) is 7.90. The first-order chi connectivity index (χ1) is 5.29. The largest absolute Gasteiger partial charge is 0.466 e. The molecule has 0 aromatic heterocycles. The first-order valence-corrected chi connectivity index (χ1v) is 4.17. The molecular formula is C8H13NO2. The minimum atomic E-state index is -0.101. The lowest BCUT2D eigenvalue weighted by Crippen LogP contribution is -2.25. The number of carbonyl (C=O) groups excluding carboxylic acids is 1. The molecule has 62 valence electrons. The molecule has 0 aromatic rings. The molecule has 0 bridgehead atoms. The Morgan fingerprint density at radius 3 is 3.09 bits per heavy atom. The molecule has 2 atom stereocenters. The van der Waals surface area contributed by atoms with E-state index in [2.05, 4.69) is 5.32 Å². The van der Waals surface area contributed by atoms with Crippen LogP contribution in [0.1, 0.15) is 13.3 Å². The molecule has 0 amide bonds. The maximum absolute atomic E-state index is 11.3. The zero-order valence-corrected chi connectivity index (χ0v) is 6.72. The lowest BCUT2D eigenvalue weighted by Gasteiger charge is -2.09. The highest BCUT2D eigenvalue weighted by molar-refractivity contribution is 5.81. The van der Waals surface area contributed by atoms with Crippen LogP contribution in [0.15, 0.2) is 0 Å². The highest BCUT2D eigenvalue weighted by Crippen LogP contribution is 2.55. The molecule has 1 saturated heterocycles. The second-order valence-corrected chi connectivity index (χ2v) is 3.41. The van der Waals surface area contributed by atoms with Gasteiger partial charge in [0, 0.05) is 6.54 Å². The Labute approximate surface area is 66.1 Å². The smallest absolute Gasteiger partial charge is 0.313 e. The number of rotatable bonds is 2. The van der Waals surface area contributed by atoms with Gasteiger partial charge < -0.3 is 10.1 Å².